The largest absolute Gasteiger partial charge is 0.489 e. The Morgan fingerprint density at radius 2 is 2.06 bits per heavy atom. The highest BCUT2D eigenvalue weighted by Gasteiger charge is 2.34. The molecule has 1 heterocycles. The van der Waals surface area contributed by atoms with E-state index in [9.17, 15) is 17.6 Å². The van der Waals surface area contributed by atoms with Gasteiger partial charge in [-0.1, -0.05) is 0 Å². The van der Waals surface area contributed by atoms with Gasteiger partial charge in [0.25, 0.3) is 0 Å². The molecule has 1 N–H and O–H groups in total. The van der Waals surface area contributed by atoms with Gasteiger partial charge in [0.05, 0.1) is 5.56 Å². The van der Waals surface area contributed by atoms with Crippen LogP contribution in [0.2, 0.25) is 0 Å². The molecule has 0 spiro atoms. The summed E-state index contributed by atoms with van der Waals surface area (Å²) in [6, 6.07) is 2.62. The first kappa shape index (κ1) is 12.2. The fourth-order valence-corrected chi connectivity index (χ4v) is 1.72. The predicted molar refractivity (Wildman–Crippen MR) is 53.3 cm³/mol. The molecule has 1 aliphatic rings. The van der Waals surface area contributed by atoms with Crippen molar-refractivity contribution in [2.24, 2.45) is 0 Å². The summed E-state index contributed by atoms with van der Waals surface area (Å²) in [4.78, 5) is 0. The van der Waals surface area contributed by atoms with Crippen molar-refractivity contribution < 1.29 is 22.3 Å². The van der Waals surface area contributed by atoms with Gasteiger partial charge >= 0.3 is 6.18 Å². The second kappa shape index (κ2) is 4.52. The smallest absolute Gasteiger partial charge is 0.419 e. The van der Waals surface area contributed by atoms with Gasteiger partial charge in [-0.2, -0.15) is 13.2 Å². The molecule has 0 saturated carbocycles. The van der Waals surface area contributed by atoms with Crippen LogP contribution in [0, 0.1) is 5.82 Å². The average Bonchev–Trinajstić information content (AvgIpc) is 2.68. The van der Waals surface area contributed by atoms with Crippen molar-refractivity contribution in [1.82, 2.24) is 5.32 Å². The third-order valence-electron chi connectivity index (χ3n) is 2.56. The van der Waals surface area contributed by atoms with Crippen LogP contribution < -0.4 is 10.1 Å². The predicted octanol–water partition coefficient (Wildman–Crippen LogP) is 2.59. The first-order chi connectivity index (χ1) is 7.97. The molecule has 0 amide bonds. The van der Waals surface area contributed by atoms with E-state index >= 15 is 0 Å². The molecular formula is C11H11F4NO. The zero-order valence-electron chi connectivity index (χ0n) is 8.85. The lowest BCUT2D eigenvalue weighted by molar-refractivity contribution is -0.140. The highest BCUT2D eigenvalue weighted by molar-refractivity contribution is 5.30. The van der Waals surface area contributed by atoms with Crippen LogP contribution in [0.1, 0.15) is 12.0 Å². The van der Waals surface area contributed by atoms with Crippen molar-refractivity contribution in [2.75, 3.05) is 13.1 Å². The number of hydrogen-bond acceptors (Lipinski definition) is 2. The number of rotatable bonds is 2. The second-order valence-corrected chi connectivity index (χ2v) is 3.87. The first-order valence-electron chi connectivity index (χ1n) is 5.21. The third kappa shape index (κ3) is 2.88. The van der Waals surface area contributed by atoms with Crippen LogP contribution in [-0.4, -0.2) is 19.2 Å². The molecule has 1 aliphatic heterocycles. The van der Waals surface area contributed by atoms with Crippen molar-refractivity contribution in [3.8, 4) is 5.75 Å². The summed E-state index contributed by atoms with van der Waals surface area (Å²) >= 11 is 0. The molecule has 94 valence electrons. The minimum Gasteiger partial charge on any atom is -0.489 e. The summed E-state index contributed by atoms with van der Waals surface area (Å²) in [6.45, 7) is 1.43. The van der Waals surface area contributed by atoms with E-state index in [1.54, 1.807) is 0 Å². The van der Waals surface area contributed by atoms with Crippen LogP contribution in [0.5, 0.6) is 5.75 Å². The lowest BCUT2D eigenvalue weighted by Gasteiger charge is -2.14. The molecule has 1 unspecified atom stereocenters. The fraction of sp³-hybridized carbons (Fsp3) is 0.455. The maximum absolute atomic E-state index is 13.2. The molecule has 1 aromatic carbocycles. The van der Waals surface area contributed by atoms with Gasteiger partial charge in [0.1, 0.15) is 17.7 Å². The van der Waals surface area contributed by atoms with Crippen LogP contribution in [0.4, 0.5) is 17.6 Å². The molecule has 0 radical (unpaired) electrons. The van der Waals surface area contributed by atoms with E-state index in [0.29, 0.717) is 12.6 Å². The van der Waals surface area contributed by atoms with Gasteiger partial charge < -0.3 is 10.1 Å². The highest BCUT2D eigenvalue weighted by Crippen LogP contribution is 2.33. The number of benzene rings is 1. The summed E-state index contributed by atoms with van der Waals surface area (Å²) in [7, 11) is 0. The lowest BCUT2D eigenvalue weighted by atomic mass is 10.2. The van der Waals surface area contributed by atoms with E-state index in [-0.39, 0.29) is 11.9 Å². The Morgan fingerprint density at radius 1 is 1.29 bits per heavy atom. The van der Waals surface area contributed by atoms with Gasteiger partial charge in [-0.3, -0.25) is 0 Å². The average molecular weight is 249 g/mol. The number of ether oxygens (including phenoxy) is 1. The Morgan fingerprint density at radius 3 is 2.59 bits per heavy atom. The van der Waals surface area contributed by atoms with Gasteiger partial charge in [-0.15, -0.1) is 0 Å². The van der Waals surface area contributed by atoms with E-state index in [1.165, 1.54) is 0 Å². The number of alkyl halides is 3. The van der Waals surface area contributed by atoms with Crippen LogP contribution in [0.3, 0.4) is 0 Å². The number of nitrogens with one attached hydrogen (secondary N) is 1. The van der Waals surface area contributed by atoms with Gasteiger partial charge in [-0.05, 0) is 25.1 Å². The summed E-state index contributed by atoms with van der Waals surface area (Å²) < 4.78 is 55.4. The zero-order valence-corrected chi connectivity index (χ0v) is 8.85. The molecular weight excluding hydrogens is 238 g/mol. The minimum atomic E-state index is -4.67. The molecule has 1 atom stereocenters. The van der Waals surface area contributed by atoms with Crippen LogP contribution in [0.25, 0.3) is 0 Å². The summed E-state index contributed by atoms with van der Waals surface area (Å²) in [6.07, 6.45) is -4.01. The standard InChI is InChI=1S/C11H11F4NO/c12-10-5-7(17-8-3-4-16-6-8)1-2-9(10)11(13,14)15/h1-2,5,8,16H,3-4,6H2. The topological polar surface area (TPSA) is 21.3 Å². The van der Waals surface area contributed by atoms with Gasteiger partial charge in [0.2, 0.25) is 0 Å². The molecule has 6 heteroatoms. The van der Waals surface area contributed by atoms with E-state index < -0.39 is 17.6 Å². The molecule has 2 rings (SSSR count). The van der Waals surface area contributed by atoms with Crippen molar-refractivity contribution in [3.05, 3.63) is 29.6 Å². The maximum atomic E-state index is 13.2. The first-order valence-corrected chi connectivity index (χ1v) is 5.21. The quantitative estimate of drug-likeness (QED) is 0.813. The summed E-state index contributed by atoms with van der Waals surface area (Å²) in [5, 5.41) is 3.04. The van der Waals surface area contributed by atoms with E-state index in [4.69, 9.17) is 4.74 Å². The molecule has 0 aromatic heterocycles. The summed E-state index contributed by atoms with van der Waals surface area (Å²) in [5.41, 5.74) is -1.27. The Hall–Kier alpha value is -1.30. The Balaban J connectivity index is 2.13. The van der Waals surface area contributed by atoms with Gasteiger partial charge in [0, 0.05) is 12.6 Å². The summed E-state index contributed by atoms with van der Waals surface area (Å²) in [5.74, 6) is -1.18. The van der Waals surface area contributed by atoms with E-state index in [1.807, 2.05) is 0 Å². The molecule has 1 aromatic rings. The van der Waals surface area contributed by atoms with E-state index in [0.717, 1.165) is 25.1 Å². The lowest BCUT2D eigenvalue weighted by Crippen LogP contribution is -2.19. The fourth-order valence-electron chi connectivity index (χ4n) is 1.72. The molecule has 1 fully saturated rings. The van der Waals surface area contributed by atoms with Crippen LogP contribution in [-0.2, 0) is 6.18 Å². The Kier molecular flexibility index (Phi) is 3.24. The third-order valence-corrected chi connectivity index (χ3v) is 2.56. The van der Waals surface area contributed by atoms with Crippen molar-refractivity contribution in [2.45, 2.75) is 18.7 Å². The molecule has 0 bridgehead atoms. The zero-order chi connectivity index (χ0) is 12.5. The second-order valence-electron chi connectivity index (χ2n) is 3.87. The Bertz CT molecular complexity index is 399. The van der Waals surface area contributed by atoms with E-state index in [2.05, 4.69) is 5.32 Å². The van der Waals surface area contributed by atoms with Crippen LogP contribution >= 0.6 is 0 Å². The number of hydrogen-bond donors (Lipinski definition) is 1. The maximum Gasteiger partial charge on any atom is 0.419 e. The van der Waals surface area contributed by atoms with Crippen LogP contribution in [0.15, 0.2) is 18.2 Å². The minimum absolute atomic E-state index is 0.105. The Labute approximate surface area is 95.6 Å². The molecule has 0 aliphatic carbocycles. The molecule has 17 heavy (non-hydrogen) atoms. The van der Waals surface area contributed by atoms with Crippen molar-refractivity contribution in [1.29, 1.82) is 0 Å². The highest BCUT2D eigenvalue weighted by atomic mass is 19.4. The number of halogens is 4. The van der Waals surface area contributed by atoms with Crippen molar-refractivity contribution in [3.63, 3.8) is 0 Å². The van der Waals surface area contributed by atoms with Crippen molar-refractivity contribution >= 4 is 0 Å². The molecule has 2 nitrogen and oxygen atoms in total. The van der Waals surface area contributed by atoms with Gasteiger partial charge in [0.15, 0.2) is 0 Å². The van der Waals surface area contributed by atoms with Gasteiger partial charge in [-0.25, -0.2) is 4.39 Å². The normalized spacial score (nSPS) is 20.6. The molecule has 1 saturated heterocycles. The SMILES string of the molecule is Fc1cc(OC2CCNC2)ccc1C(F)(F)F. The monoisotopic (exact) mass is 249 g/mol.